The van der Waals surface area contributed by atoms with Gasteiger partial charge in [0.1, 0.15) is 0 Å². The Morgan fingerprint density at radius 3 is 2.27 bits per heavy atom. The van der Waals surface area contributed by atoms with Crippen molar-refractivity contribution in [1.82, 2.24) is 4.90 Å². The smallest absolute Gasteiger partial charge is 0.305 e. The van der Waals surface area contributed by atoms with Gasteiger partial charge in [0.2, 0.25) is 0 Å². The first-order valence-corrected chi connectivity index (χ1v) is 9.85. The van der Waals surface area contributed by atoms with E-state index < -0.39 is 5.97 Å². The van der Waals surface area contributed by atoms with Crippen molar-refractivity contribution in [2.24, 2.45) is 0 Å². The van der Waals surface area contributed by atoms with Crippen LogP contribution < -0.4 is 0 Å². The summed E-state index contributed by atoms with van der Waals surface area (Å²) in [6, 6.07) is 8.07. The maximum atomic E-state index is 13.0. The van der Waals surface area contributed by atoms with E-state index in [4.69, 9.17) is 9.84 Å². The van der Waals surface area contributed by atoms with E-state index in [1.807, 2.05) is 12.1 Å². The molecule has 0 radical (unpaired) electrons. The first kappa shape index (κ1) is 18.9. The van der Waals surface area contributed by atoms with Crippen molar-refractivity contribution in [2.75, 3.05) is 19.8 Å². The number of aliphatic carboxylic acids is 1. The summed E-state index contributed by atoms with van der Waals surface area (Å²) < 4.78 is 5.39. The molecule has 26 heavy (non-hydrogen) atoms. The molecule has 2 aliphatic rings. The highest BCUT2D eigenvalue weighted by Gasteiger charge is 2.27. The standard InChI is InChI=1S/C21H29NO4/c23-20(24)10-13-22(19-11-14-26-15-12-19)21(25)18-8-6-17(7-9-18)16-4-2-1-3-5-16/h6-9,16,19H,1-5,10-15H2,(H,23,24). The Labute approximate surface area is 155 Å². The van der Waals surface area contributed by atoms with Gasteiger partial charge in [0.25, 0.3) is 5.91 Å². The molecular formula is C21H29NO4. The van der Waals surface area contributed by atoms with E-state index in [1.54, 1.807) is 4.90 Å². The minimum absolute atomic E-state index is 0.0245. The lowest BCUT2D eigenvalue weighted by molar-refractivity contribution is -0.137. The normalized spacial score (nSPS) is 19.2. The fourth-order valence-corrected chi connectivity index (χ4v) is 4.16. The largest absolute Gasteiger partial charge is 0.481 e. The van der Waals surface area contributed by atoms with Crippen LogP contribution in [0.3, 0.4) is 0 Å². The molecular weight excluding hydrogens is 330 g/mol. The number of ether oxygens (including phenoxy) is 1. The number of hydrogen-bond acceptors (Lipinski definition) is 3. The number of hydrogen-bond donors (Lipinski definition) is 1. The SMILES string of the molecule is O=C(O)CCN(C(=O)c1ccc(C2CCCCC2)cc1)C1CCOCC1. The van der Waals surface area contributed by atoms with E-state index in [-0.39, 0.29) is 24.9 Å². The first-order valence-electron chi connectivity index (χ1n) is 9.85. The molecule has 1 amide bonds. The highest BCUT2D eigenvalue weighted by atomic mass is 16.5. The van der Waals surface area contributed by atoms with E-state index in [2.05, 4.69) is 12.1 Å². The molecule has 142 valence electrons. The third-order valence-electron chi connectivity index (χ3n) is 5.69. The summed E-state index contributed by atoms with van der Waals surface area (Å²) in [7, 11) is 0. The summed E-state index contributed by atoms with van der Waals surface area (Å²) in [5.41, 5.74) is 1.98. The van der Waals surface area contributed by atoms with Crippen molar-refractivity contribution < 1.29 is 19.4 Å². The van der Waals surface area contributed by atoms with Crippen molar-refractivity contribution >= 4 is 11.9 Å². The van der Waals surface area contributed by atoms with Gasteiger partial charge in [0, 0.05) is 31.4 Å². The minimum Gasteiger partial charge on any atom is -0.481 e. The number of benzene rings is 1. The number of rotatable bonds is 6. The van der Waals surface area contributed by atoms with E-state index in [9.17, 15) is 9.59 Å². The number of carboxylic acid groups (broad SMARTS) is 1. The lowest BCUT2D eigenvalue weighted by atomic mass is 9.84. The Morgan fingerprint density at radius 2 is 1.65 bits per heavy atom. The topological polar surface area (TPSA) is 66.8 Å². The minimum atomic E-state index is -0.873. The molecule has 0 aromatic heterocycles. The number of carbonyl (C=O) groups is 2. The molecule has 1 heterocycles. The van der Waals surface area contributed by atoms with E-state index >= 15 is 0 Å². The zero-order valence-corrected chi connectivity index (χ0v) is 15.4. The van der Waals surface area contributed by atoms with Crippen LogP contribution in [0.15, 0.2) is 24.3 Å². The summed E-state index contributed by atoms with van der Waals surface area (Å²) >= 11 is 0. The maximum Gasteiger partial charge on any atom is 0.305 e. The molecule has 1 aliphatic heterocycles. The third kappa shape index (κ3) is 4.85. The van der Waals surface area contributed by atoms with Crippen LogP contribution in [0, 0.1) is 0 Å². The van der Waals surface area contributed by atoms with Crippen LogP contribution >= 0.6 is 0 Å². The van der Waals surface area contributed by atoms with E-state index in [1.165, 1.54) is 37.7 Å². The molecule has 1 saturated carbocycles. The van der Waals surface area contributed by atoms with Crippen molar-refractivity contribution in [3.8, 4) is 0 Å². The molecule has 1 aromatic rings. The number of carbonyl (C=O) groups excluding carboxylic acids is 1. The van der Waals surface area contributed by atoms with Crippen LogP contribution in [0.5, 0.6) is 0 Å². The Kier molecular flexibility index (Phi) is 6.67. The molecule has 0 unspecified atom stereocenters. The van der Waals surface area contributed by atoms with Gasteiger partial charge in [-0.3, -0.25) is 9.59 Å². The van der Waals surface area contributed by atoms with Crippen molar-refractivity contribution in [3.05, 3.63) is 35.4 Å². The Balaban J connectivity index is 1.71. The molecule has 0 atom stereocenters. The van der Waals surface area contributed by atoms with Gasteiger partial charge in [-0.25, -0.2) is 0 Å². The van der Waals surface area contributed by atoms with Crippen LogP contribution in [0.25, 0.3) is 0 Å². The quantitative estimate of drug-likeness (QED) is 0.838. The monoisotopic (exact) mass is 359 g/mol. The predicted molar refractivity (Wildman–Crippen MR) is 99.4 cm³/mol. The third-order valence-corrected chi connectivity index (χ3v) is 5.69. The lowest BCUT2D eigenvalue weighted by Gasteiger charge is -2.34. The summed E-state index contributed by atoms with van der Waals surface area (Å²) in [6.07, 6.45) is 7.90. The average molecular weight is 359 g/mol. The van der Waals surface area contributed by atoms with Crippen LogP contribution in [-0.2, 0) is 9.53 Å². The second kappa shape index (κ2) is 9.17. The van der Waals surface area contributed by atoms with Gasteiger partial charge >= 0.3 is 5.97 Å². The first-order chi connectivity index (χ1) is 12.6. The van der Waals surface area contributed by atoms with Crippen LogP contribution in [0.2, 0.25) is 0 Å². The van der Waals surface area contributed by atoms with Gasteiger partial charge in [-0.1, -0.05) is 31.4 Å². The van der Waals surface area contributed by atoms with Gasteiger partial charge in [-0.2, -0.15) is 0 Å². The van der Waals surface area contributed by atoms with Crippen LogP contribution in [0.1, 0.15) is 73.2 Å². The summed E-state index contributed by atoms with van der Waals surface area (Å²) in [4.78, 5) is 25.8. The predicted octanol–water partition coefficient (Wildman–Crippen LogP) is 3.83. The second-order valence-corrected chi connectivity index (χ2v) is 7.44. The van der Waals surface area contributed by atoms with E-state index in [0.717, 1.165) is 12.8 Å². The highest BCUT2D eigenvalue weighted by molar-refractivity contribution is 5.94. The van der Waals surface area contributed by atoms with Gasteiger partial charge in [0.15, 0.2) is 0 Å². The zero-order chi connectivity index (χ0) is 18.4. The molecule has 1 aliphatic carbocycles. The maximum absolute atomic E-state index is 13.0. The highest BCUT2D eigenvalue weighted by Crippen LogP contribution is 2.32. The molecule has 0 spiro atoms. The van der Waals surface area contributed by atoms with Gasteiger partial charge < -0.3 is 14.7 Å². The van der Waals surface area contributed by atoms with Crippen molar-refractivity contribution in [2.45, 2.75) is 63.3 Å². The second-order valence-electron chi connectivity index (χ2n) is 7.44. The van der Waals surface area contributed by atoms with Gasteiger partial charge in [0.05, 0.1) is 6.42 Å². The Hall–Kier alpha value is -1.88. The number of carboxylic acids is 1. The molecule has 5 nitrogen and oxygen atoms in total. The fraction of sp³-hybridized carbons (Fsp3) is 0.619. The Bertz CT molecular complexity index is 601. The summed E-state index contributed by atoms with van der Waals surface area (Å²) in [5, 5.41) is 9.03. The molecule has 1 aromatic carbocycles. The van der Waals surface area contributed by atoms with Gasteiger partial charge in [-0.05, 0) is 49.3 Å². The van der Waals surface area contributed by atoms with Gasteiger partial charge in [-0.15, -0.1) is 0 Å². The van der Waals surface area contributed by atoms with Crippen molar-refractivity contribution in [1.29, 1.82) is 0 Å². The molecule has 2 fully saturated rings. The van der Waals surface area contributed by atoms with E-state index in [0.29, 0.717) is 24.7 Å². The lowest BCUT2D eigenvalue weighted by Crippen LogP contribution is -2.44. The molecule has 3 rings (SSSR count). The molecule has 1 saturated heterocycles. The molecule has 5 heteroatoms. The number of amides is 1. The summed E-state index contributed by atoms with van der Waals surface area (Å²) in [5.74, 6) is -0.317. The summed E-state index contributed by atoms with van der Waals surface area (Å²) in [6.45, 7) is 1.51. The molecule has 1 N–H and O–H groups in total. The zero-order valence-electron chi connectivity index (χ0n) is 15.4. The fourth-order valence-electron chi connectivity index (χ4n) is 4.16. The van der Waals surface area contributed by atoms with Crippen LogP contribution in [0.4, 0.5) is 0 Å². The van der Waals surface area contributed by atoms with Crippen molar-refractivity contribution in [3.63, 3.8) is 0 Å². The number of nitrogens with zero attached hydrogens (tertiary/aromatic N) is 1. The molecule has 0 bridgehead atoms. The Morgan fingerprint density at radius 1 is 1.00 bits per heavy atom. The average Bonchev–Trinajstić information content (AvgIpc) is 2.69. The van der Waals surface area contributed by atoms with Crippen LogP contribution in [-0.4, -0.2) is 47.7 Å².